The maximum absolute atomic E-state index is 12.5. The highest BCUT2D eigenvalue weighted by molar-refractivity contribution is 7.89. The largest absolute Gasteiger partial charge is 0.396 e. The zero-order chi connectivity index (χ0) is 17.9. The highest BCUT2D eigenvalue weighted by Gasteiger charge is 2.30. The topological polar surface area (TPSA) is 107 Å². The van der Waals surface area contributed by atoms with E-state index in [1.165, 1.54) is 29.2 Å². The van der Waals surface area contributed by atoms with Crippen LogP contribution in [0.4, 0.5) is 0 Å². The summed E-state index contributed by atoms with van der Waals surface area (Å²) in [6.45, 7) is 3.99. The number of hydrogen-bond donors (Lipinski definition) is 3. The Morgan fingerprint density at radius 1 is 1.33 bits per heavy atom. The van der Waals surface area contributed by atoms with Crippen LogP contribution in [0.2, 0.25) is 0 Å². The Morgan fingerprint density at radius 3 is 2.46 bits per heavy atom. The minimum atomic E-state index is -3.59. The lowest BCUT2D eigenvalue weighted by Crippen LogP contribution is -2.47. The summed E-state index contributed by atoms with van der Waals surface area (Å²) >= 11 is 0. The number of hydrogen-bond acceptors (Lipinski definition) is 5. The Hall–Kier alpha value is -1.48. The summed E-state index contributed by atoms with van der Waals surface area (Å²) in [6, 6.07) is 5.53. The fraction of sp³-hybridized carbons (Fsp3) is 0.562. The van der Waals surface area contributed by atoms with Gasteiger partial charge >= 0.3 is 0 Å². The Balaban J connectivity index is 2.09. The molecule has 0 aliphatic carbocycles. The van der Waals surface area contributed by atoms with Gasteiger partial charge in [0, 0.05) is 37.2 Å². The number of likely N-dealkylation sites (tertiary alicyclic amines) is 1. The SMILES string of the molecule is CC(C)NS(=O)(=O)c1ccc(C(=O)N2CCC(CO)C(O)C2)cc1. The number of aliphatic hydroxyl groups excluding tert-OH is 2. The summed E-state index contributed by atoms with van der Waals surface area (Å²) in [5, 5.41) is 19.1. The first-order valence-electron chi connectivity index (χ1n) is 7.95. The highest BCUT2D eigenvalue weighted by atomic mass is 32.2. The Bertz CT molecular complexity index is 672. The molecular weight excluding hydrogens is 332 g/mol. The molecule has 134 valence electrons. The minimum absolute atomic E-state index is 0.0986. The van der Waals surface area contributed by atoms with E-state index < -0.39 is 16.1 Å². The van der Waals surface area contributed by atoms with Gasteiger partial charge < -0.3 is 15.1 Å². The molecule has 0 saturated carbocycles. The number of carbonyl (C=O) groups is 1. The monoisotopic (exact) mass is 356 g/mol. The molecule has 24 heavy (non-hydrogen) atoms. The standard InChI is InChI=1S/C16H24N2O5S/c1-11(2)17-24(22,23)14-5-3-12(4-6-14)16(21)18-8-7-13(10-19)15(20)9-18/h3-6,11,13,15,17,19-20H,7-10H2,1-2H3. The van der Waals surface area contributed by atoms with E-state index in [2.05, 4.69) is 4.72 Å². The molecule has 1 amide bonds. The lowest BCUT2D eigenvalue weighted by molar-refractivity contribution is 0.000875. The molecule has 7 nitrogen and oxygen atoms in total. The Labute approximate surface area is 142 Å². The molecule has 2 atom stereocenters. The van der Waals surface area contributed by atoms with Crippen LogP contribution in [-0.4, -0.2) is 61.3 Å². The number of nitrogens with one attached hydrogen (secondary N) is 1. The number of benzene rings is 1. The zero-order valence-corrected chi connectivity index (χ0v) is 14.7. The Kier molecular flexibility index (Phi) is 5.97. The van der Waals surface area contributed by atoms with E-state index in [1.807, 2.05) is 0 Å². The Morgan fingerprint density at radius 2 is 1.96 bits per heavy atom. The summed E-state index contributed by atoms with van der Waals surface area (Å²) < 4.78 is 26.6. The molecule has 0 radical (unpaired) electrons. The summed E-state index contributed by atoms with van der Waals surface area (Å²) in [4.78, 5) is 14.1. The van der Waals surface area contributed by atoms with E-state index in [0.717, 1.165) is 0 Å². The molecule has 2 rings (SSSR count). The smallest absolute Gasteiger partial charge is 0.253 e. The number of nitrogens with zero attached hydrogens (tertiary/aromatic N) is 1. The molecule has 0 spiro atoms. The number of amides is 1. The maximum Gasteiger partial charge on any atom is 0.253 e. The van der Waals surface area contributed by atoms with Gasteiger partial charge in [-0.25, -0.2) is 13.1 Å². The van der Waals surface area contributed by atoms with Crippen LogP contribution in [0.5, 0.6) is 0 Å². The second kappa shape index (κ2) is 7.60. The predicted molar refractivity (Wildman–Crippen MR) is 89.0 cm³/mol. The van der Waals surface area contributed by atoms with Gasteiger partial charge in [-0.15, -0.1) is 0 Å². The molecule has 8 heteroatoms. The van der Waals surface area contributed by atoms with Gasteiger partial charge in [-0.2, -0.15) is 0 Å². The first-order chi connectivity index (χ1) is 11.2. The molecule has 1 aromatic rings. The van der Waals surface area contributed by atoms with Gasteiger partial charge in [-0.3, -0.25) is 4.79 Å². The third-order valence-corrected chi connectivity index (χ3v) is 5.72. The molecule has 0 aromatic heterocycles. The molecule has 1 aliphatic heterocycles. The molecule has 1 aromatic carbocycles. The van der Waals surface area contributed by atoms with Crippen molar-refractivity contribution in [2.45, 2.75) is 37.3 Å². The van der Waals surface area contributed by atoms with Gasteiger partial charge in [0.05, 0.1) is 11.0 Å². The van der Waals surface area contributed by atoms with Crippen molar-refractivity contribution in [3.05, 3.63) is 29.8 Å². The quantitative estimate of drug-likeness (QED) is 0.698. The lowest BCUT2D eigenvalue weighted by atomic mass is 9.94. The van der Waals surface area contributed by atoms with Gasteiger partial charge in [-0.05, 0) is 44.5 Å². The molecule has 1 saturated heterocycles. The van der Waals surface area contributed by atoms with E-state index >= 15 is 0 Å². The molecule has 0 bridgehead atoms. The molecule has 1 heterocycles. The second-order valence-corrected chi connectivity index (χ2v) is 8.06. The number of β-amino-alcohol motifs (C(OH)–C–C–N with tert-alkyl or cyclic N) is 1. The first kappa shape index (κ1) is 18.9. The van der Waals surface area contributed by atoms with Crippen LogP contribution in [0.3, 0.4) is 0 Å². The first-order valence-corrected chi connectivity index (χ1v) is 9.43. The number of carbonyl (C=O) groups excluding carboxylic acids is 1. The summed E-state index contributed by atoms with van der Waals surface area (Å²) in [5.41, 5.74) is 0.369. The summed E-state index contributed by atoms with van der Waals surface area (Å²) in [7, 11) is -3.59. The minimum Gasteiger partial charge on any atom is -0.396 e. The van der Waals surface area contributed by atoms with Crippen molar-refractivity contribution in [3.63, 3.8) is 0 Å². The van der Waals surface area contributed by atoms with E-state index in [4.69, 9.17) is 5.11 Å². The average molecular weight is 356 g/mol. The van der Waals surface area contributed by atoms with Crippen LogP contribution >= 0.6 is 0 Å². The molecule has 1 aliphatic rings. The van der Waals surface area contributed by atoms with Crippen LogP contribution in [0, 0.1) is 5.92 Å². The van der Waals surface area contributed by atoms with Crippen molar-refractivity contribution in [1.29, 1.82) is 0 Å². The van der Waals surface area contributed by atoms with Crippen molar-refractivity contribution in [2.75, 3.05) is 19.7 Å². The van der Waals surface area contributed by atoms with E-state index in [0.29, 0.717) is 18.5 Å². The lowest BCUT2D eigenvalue weighted by Gasteiger charge is -2.35. The molecule has 3 N–H and O–H groups in total. The van der Waals surface area contributed by atoms with Crippen molar-refractivity contribution in [2.24, 2.45) is 5.92 Å². The number of aliphatic hydroxyl groups is 2. The maximum atomic E-state index is 12.5. The number of sulfonamides is 1. The highest BCUT2D eigenvalue weighted by Crippen LogP contribution is 2.20. The van der Waals surface area contributed by atoms with Crippen LogP contribution in [0.1, 0.15) is 30.6 Å². The molecule has 2 unspecified atom stereocenters. The van der Waals surface area contributed by atoms with Crippen molar-refractivity contribution >= 4 is 15.9 Å². The van der Waals surface area contributed by atoms with Gasteiger partial charge in [0.2, 0.25) is 10.0 Å². The third-order valence-electron chi connectivity index (χ3n) is 4.05. The predicted octanol–water partition coefficient (Wildman–Crippen LogP) is 0.189. The van der Waals surface area contributed by atoms with Crippen LogP contribution in [0.15, 0.2) is 29.2 Å². The summed E-state index contributed by atoms with van der Waals surface area (Å²) in [6.07, 6.45) is -0.212. The van der Waals surface area contributed by atoms with Crippen LogP contribution in [0.25, 0.3) is 0 Å². The molecular formula is C16H24N2O5S. The normalized spacial score (nSPS) is 22.0. The van der Waals surface area contributed by atoms with E-state index in [9.17, 15) is 18.3 Å². The van der Waals surface area contributed by atoms with Gasteiger partial charge in [-0.1, -0.05) is 0 Å². The van der Waals surface area contributed by atoms with Crippen molar-refractivity contribution < 1.29 is 23.4 Å². The van der Waals surface area contributed by atoms with Gasteiger partial charge in [0.1, 0.15) is 0 Å². The average Bonchev–Trinajstić information content (AvgIpc) is 2.53. The van der Waals surface area contributed by atoms with Crippen LogP contribution < -0.4 is 4.72 Å². The number of piperidine rings is 1. The van der Waals surface area contributed by atoms with E-state index in [-0.39, 0.29) is 35.9 Å². The fourth-order valence-electron chi connectivity index (χ4n) is 2.72. The summed E-state index contributed by atoms with van der Waals surface area (Å²) in [5.74, 6) is -0.463. The third kappa shape index (κ3) is 4.32. The van der Waals surface area contributed by atoms with E-state index in [1.54, 1.807) is 13.8 Å². The van der Waals surface area contributed by atoms with Gasteiger partial charge in [0.25, 0.3) is 5.91 Å². The fourth-order valence-corrected chi connectivity index (χ4v) is 3.97. The van der Waals surface area contributed by atoms with Crippen molar-refractivity contribution in [3.8, 4) is 0 Å². The number of rotatable bonds is 5. The van der Waals surface area contributed by atoms with Gasteiger partial charge in [0.15, 0.2) is 0 Å². The van der Waals surface area contributed by atoms with Crippen LogP contribution in [-0.2, 0) is 10.0 Å². The second-order valence-electron chi connectivity index (χ2n) is 6.35. The zero-order valence-electron chi connectivity index (χ0n) is 13.8. The molecule has 1 fully saturated rings. The van der Waals surface area contributed by atoms with Crippen molar-refractivity contribution in [1.82, 2.24) is 9.62 Å².